The predicted molar refractivity (Wildman–Crippen MR) is 152 cm³/mol. The van der Waals surface area contributed by atoms with Crippen LogP contribution in [0, 0.1) is 6.92 Å². The average molecular weight is 632 g/mol. The molecular formula is C28H27BrN2O8S. The highest BCUT2D eigenvalue weighted by atomic mass is 79.9. The number of aromatic nitrogens is 1. The van der Waals surface area contributed by atoms with E-state index in [0.717, 1.165) is 22.7 Å². The SMILES string of the molecule is CCCOc1cccc(/C(O)=C2\C(=O)C(=O)N(c3nc(C)c(C(=O)OCC)s3)C2c2cc(Br)c(O)c(OC)c2)c1. The number of aromatic hydroxyl groups is 1. The second-order valence-corrected chi connectivity index (χ2v) is 10.6. The second kappa shape index (κ2) is 12.1. The molecule has 10 nitrogen and oxygen atoms in total. The van der Waals surface area contributed by atoms with Crippen LogP contribution in [0.3, 0.4) is 0 Å². The number of aliphatic hydroxyl groups is 1. The van der Waals surface area contributed by atoms with E-state index >= 15 is 0 Å². The number of thiazole rings is 1. The number of aryl methyl sites for hydroxylation is 1. The van der Waals surface area contributed by atoms with E-state index in [1.54, 1.807) is 38.1 Å². The summed E-state index contributed by atoms with van der Waals surface area (Å²) in [4.78, 5) is 45.3. The molecule has 1 aliphatic heterocycles. The first-order chi connectivity index (χ1) is 19.1. The van der Waals surface area contributed by atoms with Crippen LogP contribution in [0.1, 0.15) is 52.8 Å². The van der Waals surface area contributed by atoms with Crippen molar-refractivity contribution < 1.29 is 38.8 Å². The zero-order valence-corrected chi connectivity index (χ0v) is 24.6. The normalized spacial score (nSPS) is 16.3. The number of rotatable bonds is 9. The smallest absolute Gasteiger partial charge is 0.350 e. The number of phenolic OH excluding ortho intramolecular Hbond substituents is 1. The Labute approximate surface area is 242 Å². The van der Waals surface area contributed by atoms with Crippen LogP contribution in [0.4, 0.5) is 5.13 Å². The van der Waals surface area contributed by atoms with Gasteiger partial charge in [0.15, 0.2) is 16.6 Å². The standard InChI is InChI=1S/C28H27BrN2O8S/c1-5-10-39-17-9-7-8-15(11-17)22(32)20-21(16-12-18(29)23(33)19(13-16)37-4)31(26(35)24(20)34)28-30-14(3)25(40-28)27(36)38-6-2/h7-9,11-13,21,32-33H,5-6,10H2,1-4H3/b22-20+. The van der Waals surface area contributed by atoms with Crippen LogP contribution in [0.15, 0.2) is 46.4 Å². The fourth-order valence-electron chi connectivity index (χ4n) is 4.23. The third-order valence-corrected chi connectivity index (χ3v) is 7.80. The summed E-state index contributed by atoms with van der Waals surface area (Å²) in [5.74, 6) is -2.54. The lowest BCUT2D eigenvalue weighted by Crippen LogP contribution is -2.29. The number of anilines is 1. The van der Waals surface area contributed by atoms with E-state index in [2.05, 4.69) is 20.9 Å². The van der Waals surface area contributed by atoms with Gasteiger partial charge in [-0.15, -0.1) is 0 Å². The minimum Gasteiger partial charge on any atom is -0.507 e. The van der Waals surface area contributed by atoms with Gasteiger partial charge < -0.3 is 24.4 Å². The van der Waals surface area contributed by atoms with Crippen molar-refractivity contribution in [1.82, 2.24) is 4.98 Å². The summed E-state index contributed by atoms with van der Waals surface area (Å²) in [6.07, 6.45) is 0.778. The molecule has 2 aromatic carbocycles. The van der Waals surface area contributed by atoms with E-state index in [0.29, 0.717) is 23.6 Å². The van der Waals surface area contributed by atoms with Crippen molar-refractivity contribution in [3.05, 3.63) is 68.1 Å². The van der Waals surface area contributed by atoms with Crippen molar-refractivity contribution >= 4 is 55.8 Å². The van der Waals surface area contributed by atoms with Crippen LogP contribution in [0.25, 0.3) is 5.76 Å². The van der Waals surface area contributed by atoms with Crippen LogP contribution < -0.4 is 14.4 Å². The first kappa shape index (κ1) is 29.1. The predicted octanol–water partition coefficient (Wildman–Crippen LogP) is 5.52. The van der Waals surface area contributed by atoms with E-state index < -0.39 is 29.5 Å². The zero-order valence-electron chi connectivity index (χ0n) is 22.2. The molecule has 0 aliphatic carbocycles. The van der Waals surface area contributed by atoms with Crippen molar-refractivity contribution in [1.29, 1.82) is 0 Å². The van der Waals surface area contributed by atoms with E-state index in [9.17, 15) is 24.6 Å². The Morgan fingerprint density at radius 3 is 2.62 bits per heavy atom. The van der Waals surface area contributed by atoms with Gasteiger partial charge in [0.2, 0.25) is 0 Å². The number of hydrogen-bond acceptors (Lipinski definition) is 10. The molecule has 1 fully saturated rings. The molecule has 4 rings (SSSR count). The molecule has 1 atom stereocenters. The van der Waals surface area contributed by atoms with Gasteiger partial charge >= 0.3 is 11.9 Å². The molecule has 0 bridgehead atoms. The number of aliphatic hydroxyl groups excluding tert-OH is 1. The van der Waals surface area contributed by atoms with Gasteiger partial charge in [0.25, 0.3) is 5.78 Å². The molecule has 0 radical (unpaired) electrons. The van der Waals surface area contributed by atoms with Gasteiger partial charge in [0, 0.05) is 5.56 Å². The molecule has 0 spiro atoms. The Bertz CT molecular complexity index is 1520. The fraction of sp³-hybridized carbons (Fsp3) is 0.286. The van der Waals surface area contributed by atoms with Gasteiger partial charge in [-0.05, 0) is 66.0 Å². The molecule has 0 saturated carbocycles. The number of ether oxygens (including phenoxy) is 3. The number of methoxy groups -OCH3 is 1. The topological polar surface area (TPSA) is 135 Å². The van der Waals surface area contributed by atoms with Crippen molar-refractivity contribution in [2.24, 2.45) is 0 Å². The first-order valence-electron chi connectivity index (χ1n) is 12.4. The minimum atomic E-state index is -1.17. The van der Waals surface area contributed by atoms with E-state index in [-0.39, 0.29) is 43.7 Å². The van der Waals surface area contributed by atoms with Crippen molar-refractivity contribution in [3.8, 4) is 17.2 Å². The summed E-state index contributed by atoms with van der Waals surface area (Å²) in [6, 6.07) is 8.37. The number of benzene rings is 2. The largest absolute Gasteiger partial charge is 0.507 e. The number of ketones is 1. The summed E-state index contributed by atoms with van der Waals surface area (Å²) in [5.41, 5.74) is 0.724. The minimum absolute atomic E-state index is 0.0647. The van der Waals surface area contributed by atoms with E-state index in [1.807, 2.05) is 6.92 Å². The van der Waals surface area contributed by atoms with Gasteiger partial charge in [-0.1, -0.05) is 30.4 Å². The summed E-state index contributed by atoms with van der Waals surface area (Å²) in [5, 5.41) is 21.9. The summed E-state index contributed by atoms with van der Waals surface area (Å²) in [7, 11) is 1.36. The maximum Gasteiger partial charge on any atom is 0.350 e. The molecule has 12 heteroatoms. The van der Waals surface area contributed by atoms with Crippen LogP contribution in [-0.2, 0) is 14.3 Å². The van der Waals surface area contributed by atoms with Crippen molar-refractivity contribution in [2.45, 2.75) is 33.2 Å². The van der Waals surface area contributed by atoms with Crippen LogP contribution in [0.5, 0.6) is 17.2 Å². The van der Waals surface area contributed by atoms with Crippen LogP contribution >= 0.6 is 27.3 Å². The lowest BCUT2D eigenvalue weighted by atomic mass is 9.95. The lowest BCUT2D eigenvalue weighted by Gasteiger charge is -2.24. The third-order valence-electron chi connectivity index (χ3n) is 6.06. The molecule has 1 saturated heterocycles. The first-order valence-corrected chi connectivity index (χ1v) is 14.0. The highest BCUT2D eigenvalue weighted by Gasteiger charge is 2.49. The number of hydrogen-bond donors (Lipinski definition) is 2. The Balaban J connectivity index is 1.94. The molecule has 3 aromatic rings. The van der Waals surface area contributed by atoms with E-state index in [4.69, 9.17) is 14.2 Å². The number of Topliss-reactive ketones (excluding diaryl/α,β-unsaturated/α-hetero) is 1. The number of esters is 1. The quantitative estimate of drug-likeness (QED) is 0.135. The Morgan fingerprint density at radius 1 is 1.20 bits per heavy atom. The summed E-state index contributed by atoms with van der Waals surface area (Å²) < 4.78 is 16.3. The van der Waals surface area contributed by atoms with Crippen molar-refractivity contribution in [3.63, 3.8) is 0 Å². The van der Waals surface area contributed by atoms with Gasteiger partial charge in [-0.25, -0.2) is 9.78 Å². The molecule has 1 aromatic heterocycles. The monoisotopic (exact) mass is 630 g/mol. The third kappa shape index (κ3) is 5.41. The maximum absolute atomic E-state index is 13.5. The number of phenols is 1. The fourth-order valence-corrected chi connectivity index (χ4v) is 5.68. The van der Waals surface area contributed by atoms with Gasteiger partial charge in [-0.3, -0.25) is 14.5 Å². The zero-order chi connectivity index (χ0) is 29.1. The molecule has 1 amide bonds. The highest BCUT2D eigenvalue weighted by molar-refractivity contribution is 9.10. The second-order valence-electron chi connectivity index (χ2n) is 8.73. The Morgan fingerprint density at radius 2 is 1.95 bits per heavy atom. The number of halogens is 1. The molecular weight excluding hydrogens is 604 g/mol. The molecule has 1 aliphatic rings. The summed E-state index contributed by atoms with van der Waals surface area (Å²) in [6.45, 7) is 5.84. The maximum atomic E-state index is 13.5. The molecule has 2 heterocycles. The lowest BCUT2D eigenvalue weighted by molar-refractivity contribution is -0.132. The number of amides is 1. The van der Waals surface area contributed by atoms with Crippen molar-refractivity contribution in [2.75, 3.05) is 25.2 Å². The van der Waals surface area contributed by atoms with E-state index in [1.165, 1.54) is 19.2 Å². The van der Waals surface area contributed by atoms with Gasteiger partial charge in [0.1, 0.15) is 16.4 Å². The molecule has 1 unspecified atom stereocenters. The highest BCUT2D eigenvalue weighted by Crippen LogP contribution is 2.47. The number of carbonyl (C=O) groups is 3. The molecule has 2 N–H and O–H groups in total. The summed E-state index contributed by atoms with van der Waals surface area (Å²) >= 11 is 4.19. The van der Waals surface area contributed by atoms with Crippen LogP contribution in [0.2, 0.25) is 0 Å². The molecule has 210 valence electrons. The average Bonchev–Trinajstić information content (AvgIpc) is 3.45. The Kier molecular flexibility index (Phi) is 8.79. The van der Waals surface area contributed by atoms with Gasteiger partial charge in [0.05, 0.1) is 42.1 Å². The van der Waals surface area contributed by atoms with Crippen LogP contribution in [-0.4, -0.2) is 53.2 Å². The Hall–Kier alpha value is -3.90. The number of nitrogens with zero attached hydrogens (tertiary/aromatic N) is 2. The molecule has 40 heavy (non-hydrogen) atoms. The number of carbonyl (C=O) groups excluding carboxylic acids is 3. The van der Waals surface area contributed by atoms with Gasteiger partial charge in [-0.2, -0.15) is 0 Å².